The standard InChI is InChI=1S/C32H37F4N3O4S/c1-3-4-19-37-31(41)29(21-24-12-6-5-7-13-24)38(23-25-14-8-9-17-28(25)33)30(40)18-11-20-39(44(2,42)43)27-16-10-15-26(22-27)32(34,35)36/h5-10,12-17,22,29H,3-4,11,18-21,23H2,1-2H3,(H,37,41)/t29-/m0/s1. The second-order valence-electron chi connectivity index (χ2n) is 10.4. The fraction of sp³-hybridized carbons (Fsp3) is 0.375. The first-order chi connectivity index (χ1) is 20.8. The Hall–Kier alpha value is -3.93. The average molecular weight is 636 g/mol. The zero-order valence-electron chi connectivity index (χ0n) is 24.7. The Morgan fingerprint density at radius 2 is 1.61 bits per heavy atom. The molecule has 0 saturated heterocycles. The van der Waals surface area contributed by atoms with Crippen molar-refractivity contribution in [3.63, 3.8) is 0 Å². The lowest BCUT2D eigenvalue weighted by Crippen LogP contribution is -2.50. The number of hydrogen-bond acceptors (Lipinski definition) is 4. The second kappa shape index (κ2) is 15.7. The fourth-order valence-electron chi connectivity index (χ4n) is 4.71. The van der Waals surface area contributed by atoms with E-state index in [1.807, 2.05) is 25.1 Å². The Kier molecular flexibility index (Phi) is 12.3. The van der Waals surface area contributed by atoms with Gasteiger partial charge >= 0.3 is 6.18 Å². The van der Waals surface area contributed by atoms with Crippen LogP contribution < -0.4 is 9.62 Å². The van der Waals surface area contributed by atoms with E-state index in [1.54, 1.807) is 18.2 Å². The van der Waals surface area contributed by atoms with Crippen molar-refractivity contribution in [2.24, 2.45) is 0 Å². The molecule has 0 saturated carbocycles. The van der Waals surface area contributed by atoms with Crippen LogP contribution in [0.15, 0.2) is 78.9 Å². The van der Waals surface area contributed by atoms with Crippen molar-refractivity contribution in [3.05, 3.63) is 101 Å². The zero-order valence-corrected chi connectivity index (χ0v) is 25.5. The molecular formula is C32H37F4N3O4S. The van der Waals surface area contributed by atoms with Crippen LogP contribution in [0.3, 0.4) is 0 Å². The lowest BCUT2D eigenvalue weighted by atomic mass is 10.0. The number of sulfonamides is 1. The predicted octanol–water partition coefficient (Wildman–Crippen LogP) is 5.95. The third-order valence-corrected chi connectivity index (χ3v) is 8.21. The topological polar surface area (TPSA) is 86.8 Å². The van der Waals surface area contributed by atoms with Crippen molar-refractivity contribution in [1.82, 2.24) is 10.2 Å². The van der Waals surface area contributed by atoms with Gasteiger partial charge in [0.2, 0.25) is 21.8 Å². The highest BCUT2D eigenvalue weighted by Crippen LogP contribution is 2.32. The number of rotatable bonds is 15. The molecule has 1 N–H and O–H groups in total. The molecule has 0 aliphatic heterocycles. The normalized spacial score (nSPS) is 12.4. The maximum atomic E-state index is 14.8. The molecule has 2 amide bonds. The number of anilines is 1. The molecule has 0 unspecified atom stereocenters. The number of nitrogens with one attached hydrogen (secondary N) is 1. The molecule has 0 heterocycles. The van der Waals surface area contributed by atoms with Crippen LogP contribution in [0.4, 0.5) is 23.2 Å². The van der Waals surface area contributed by atoms with E-state index in [4.69, 9.17) is 0 Å². The van der Waals surface area contributed by atoms with E-state index in [0.29, 0.717) is 6.54 Å². The molecule has 3 rings (SSSR count). The Labute approximate surface area is 255 Å². The molecule has 7 nitrogen and oxygen atoms in total. The summed E-state index contributed by atoms with van der Waals surface area (Å²) in [7, 11) is -4.01. The molecule has 0 aliphatic rings. The number of amides is 2. The highest BCUT2D eigenvalue weighted by molar-refractivity contribution is 7.92. The monoisotopic (exact) mass is 635 g/mol. The fourth-order valence-corrected chi connectivity index (χ4v) is 5.67. The smallest absolute Gasteiger partial charge is 0.354 e. The van der Waals surface area contributed by atoms with E-state index in [1.165, 1.54) is 29.2 Å². The first kappa shape index (κ1) is 34.6. The van der Waals surface area contributed by atoms with Crippen molar-refractivity contribution >= 4 is 27.5 Å². The minimum Gasteiger partial charge on any atom is -0.354 e. The predicted molar refractivity (Wildman–Crippen MR) is 162 cm³/mol. The van der Waals surface area contributed by atoms with Crippen LogP contribution in [0.1, 0.15) is 49.3 Å². The maximum absolute atomic E-state index is 14.8. The third-order valence-electron chi connectivity index (χ3n) is 7.01. The molecule has 44 heavy (non-hydrogen) atoms. The van der Waals surface area contributed by atoms with E-state index >= 15 is 0 Å². The van der Waals surface area contributed by atoms with Gasteiger partial charge in [-0.05, 0) is 42.7 Å². The number of benzene rings is 3. The van der Waals surface area contributed by atoms with E-state index in [2.05, 4.69) is 5.32 Å². The Bertz CT molecular complexity index is 1500. The summed E-state index contributed by atoms with van der Waals surface area (Å²) in [6, 6.07) is 17.9. The summed E-state index contributed by atoms with van der Waals surface area (Å²) in [5, 5.41) is 2.87. The van der Waals surface area contributed by atoms with Crippen LogP contribution >= 0.6 is 0 Å². The number of carbonyl (C=O) groups is 2. The molecule has 0 fully saturated rings. The van der Waals surface area contributed by atoms with Crippen LogP contribution in [-0.4, -0.2) is 50.5 Å². The zero-order chi connectivity index (χ0) is 32.3. The number of alkyl halides is 3. The first-order valence-corrected chi connectivity index (χ1v) is 16.2. The van der Waals surface area contributed by atoms with Gasteiger partial charge in [-0.15, -0.1) is 0 Å². The number of nitrogens with zero attached hydrogens (tertiary/aromatic N) is 2. The van der Waals surface area contributed by atoms with Gasteiger partial charge < -0.3 is 10.2 Å². The van der Waals surface area contributed by atoms with Crippen LogP contribution in [0, 0.1) is 5.82 Å². The van der Waals surface area contributed by atoms with Crippen molar-refractivity contribution in [2.75, 3.05) is 23.7 Å². The van der Waals surface area contributed by atoms with Crippen LogP contribution in [0.25, 0.3) is 0 Å². The molecule has 0 radical (unpaired) electrons. The molecular weight excluding hydrogens is 598 g/mol. The highest BCUT2D eigenvalue weighted by Gasteiger charge is 2.33. The largest absolute Gasteiger partial charge is 0.416 e. The Balaban J connectivity index is 1.89. The van der Waals surface area contributed by atoms with Gasteiger partial charge in [-0.1, -0.05) is 67.9 Å². The van der Waals surface area contributed by atoms with Crippen LogP contribution in [0.2, 0.25) is 0 Å². The Morgan fingerprint density at radius 3 is 2.25 bits per heavy atom. The van der Waals surface area contributed by atoms with Gasteiger partial charge in [-0.2, -0.15) is 13.2 Å². The summed E-state index contributed by atoms with van der Waals surface area (Å²) < 4.78 is 80.6. The van der Waals surface area contributed by atoms with Gasteiger partial charge in [0.25, 0.3) is 0 Å². The lowest BCUT2D eigenvalue weighted by Gasteiger charge is -2.32. The van der Waals surface area contributed by atoms with Gasteiger partial charge in [0.15, 0.2) is 0 Å². The highest BCUT2D eigenvalue weighted by atomic mass is 32.2. The quantitative estimate of drug-likeness (QED) is 0.165. The van der Waals surface area contributed by atoms with Crippen molar-refractivity contribution < 1.29 is 35.6 Å². The van der Waals surface area contributed by atoms with Crippen molar-refractivity contribution in [1.29, 1.82) is 0 Å². The minimum absolute atomic E-state index is 0.0641. The van der Waals surface area contributed by atoms with E-state index in [-0.39, 0.29) is 43.6 Å². The maximum Gasteiger partial charge on any atom is 0.416 e. The van der Waals surface area contributed by atoms with Crippen molar-refractivity contribution in [3.8, 4) is 0 Å². The molecule has 0 spiro atoms. The molecule has 1 atom stereocenters. The summed E-state index contributed by atoms with van der Waals surface area (Å²) in [6.45, 7) is 1.86. The third kappa shape index (κ3) is 10.1. The van der Waals surface area contributed by atoms with E-state index in [0.717, 1.165) is 47.2 Å². The van der Waals surface area contributed by atoms with Gasteiger partial charge in [0.1, 0.15) is 11.9 Å². The molecule has 0 aliphatic carbocycles. The molecule has 238 valence electrons. The number of hydrogen-bond donors (Lipinski definition) is 1. The van der Waals surface area contributed by atoms with Crippen LogP contribution in [0.5, 0.6) is 0 Å². The summed E-state index contributed by atoms with van der Waals surface area (Å²) in [5.41, 5.74) is -0.215. The number of unbranched alkanes of at least 4 members (excludes halogenated alkanes) is 1. The molecule has 12 heteroatoms. The van der Waals surface area contributed by atoms with Gasteiger partial charge in [0.05, 0.1) is 17.5 Å². The van der Waals surface area contributed by atoms with E-state index in [9.17, 15) is 35.6 Å². The minimum atomic E-state index is -4.67. The number of halogens is 4. The molecule has 3 aromatic carbocycles. The molecule has 3 aromatic rings. The summed E-state index contributed by atoms with van der Waals surface area (Å²) in [5.74, 6) is -1.49. The van der Waals surface area contributed by atoms with E-state index < -0.39 is 45.4 Å². The van der Waals surface area contributed by atoms with Crippen LogP contribution in [-0.2, 0) is 38.8 Å². The lowest BCUT2D eigenvalue weighted by molar-refractivity contribution is -0.141. The second-order valence-corrected chi connectivity index (χ2v) is 12.4. The molecule has 0 bridgehead atoms. The summed E-state index contributed by atoms with van der Waals surface area (Å²) in [6.07, 6.45) is -2.40. The van der Waals surface area contributed by atoms with Gasteiger partial charge in [-0.25, -0.2) is 12.8 Å². The number of carbonyl (C=O) groups excluding carboxylic acids is 2. The Morgan fingerprint density at radius 1 is 0.932 bits per heavy atom. The van der Waals surface area contributed by atoms with Gasteiger partial charge in [0, 0.05) is 38.0 Å². The average Bonchev–Trinajstić information content (AvgIpc) is 2.97. The first-order valence-electron chi connectivity index (χ1n) is 14.3. The summed E-state index contributed by atoms with van der Waals surface area (Å²) in [4.78, 5) is 28.6. The molecule has 0 aromatic heterocycles. The SMILES string of the molecule is CCCCNC(=O)[C@H](Cc1ccccc1)N(Cc1ccccc1F)C(=O)CCCN(c1cccc(C(F)(F)F)c1)S(C)(=O)=O. The summed E-state index contributed by atoms with van der Waals surface area (Å²) >= 11 is 0. The van der Waals surface area contributed by atoms with Crippen molar-refractivity contribution in [2.45, 2.75) is 57.8 Å². The van der Waals surface area contributed by atoms with Gasteiger partial charge in [-0.3, -0.25) is 13.9 Å².